The SMILES string of the molecule is O=C(O)CC1CS(=O)(=O)CCN1C1CCN2CCC1C2. The summed E-state index contributed by atoms with van der Waals surface area (Å²) in [7, 11) is -3.08. The zero-order valence-corrected chi connectivity index (χ0v) is 12.4. The summed E-state index contributed by atoms with van der Waals surface area (Å²) < 4.78 is 23.6. The van der Waals surface area contributed by atoms with E-state index in [1.165, 1.54) is 0 Å². The molecule has 7 heteroatoms. The number of carbonyl (C=O) groups is 1. The van der Waals surface area contributed by atoms with E-state index in [0.717, 1.165) is 32.5 Å². The Morgan fingerprint density at radius 1 is 1.20 bits per heavy atom. The number of piperidine rings is 1. The van der Waals surface area contributed by atoms with E-state index >= 15 is 0 Å². The summed E-state index contributed by atoms with van der Waals surface area (Å²) in [6, 6.07) is 0.0250. The summed E-state index contributed by atoms with van der Waals surface area (Å²) in [4.78, 5) is 15.7. The average Bonchev–Trinajstić information content (AvgIpc) is 2.72. The lowest BCUT2D eigenvalue weighted by Gasteiger charge is -2.44. The molecule has 1 N–H and O–H groups in total. The fraction of sp³-hybridized carbons (Fsp3) is 0.923. The molecule has 3 aliphatic heterocycles. The maximum atomic E-state index is 11.8. The van der Waals surface area contributed by atoms with E-state index in [1.807, 2.05) is 0 Å². The van der Waals surface area contributed by atoms with Crippen molar-refractivity contribution in [2.24, 2.45) is 5.92 Å². The fourth-order valence-corrected chi connectivity index (χ4v) is 5.63. The quantitative estimate of drug-likeness (QED) is 0.768. The molecule has 4 unspecified atom stereocenters. The summed E-state index contributed by atoms with van der Waals surface area (Å²) >= 11 is 0. The van der Waals surface area contributed by atoms with Crippen LogP contribution in [0.3, 0.4) is 0 Å². The second-order valence-corrected chi connectivity index (χ2v) is 8.54. The van der Waals surface area contributed by atoms with E-state index in [-0.39, 0.29) is 24.0 Å². The molecule has 3 fully saturated rings. The maximum absolute atomic E-state index is 11.8. The van der Waals surface area contributed by atoms with E-state index in [4.69, 9.17) is 5.11 Å². The Bertz CT molecular complexity index is 493. The zero-order valence-electron chi connectivity index (χ0n) is 11.6. The first-order valence-electron chi connectivity index (χ1n) is 7.35. The van der Waals surface area contributed by atoms with Crippen molar-refractivity contribution in [3.8, 4) is 0 Å². The number of hydrogen-bond acceptors (Lipinski definition) is 5. The van der Waals surface area contributed by atoms with Gasteiger partial charge in [0.1, 0.15) is 0 Å². The maximum Gasteiger partial charge on any atom is 0.304 e. The highest BCUT2D eigenvalue weighted by atomic mass is 32.2. The molecule has 2 bridgehead atoms. The summed E-state index contributed by atoms with van der Waals surface area (Å²) in [6.07, 6.45) is 2.14. The van der Waals surface area contributed by atoms with Gasteiger partial charge in [-0.15, -0.1) is 0 Å². The van der Waals surface area contributed by atoms with Crippen molar-refractivity contribution in [1.82, 2.24) is 9.80 Å². The van der Waals surface area contributed by atoms with Crippen LogP contribution in [0.15, 0.2) is 0 Å². The fourth-order valence-electron chi connectivity index (χ4n) is 4.08. The van der Waals surface area contributed by atoms with E-state index < -0.39 is 15.8 Å². The van der Waals surface area contributed by atoms with Gasteiger partial charge in [0.25, 0.3) is 0 Å². The van der Waals surface area contributed by atoms with Crippen LogP contribution in [0.4, 0.5) is 0 Å². The van der Waals surface area contributed by atoms with E-state index in [1.54, 1.807) is 0 Å². The van der Waals surface area contributed by atoms with Crippen LogP contribution in [0.1, 0.15) is 19.3 Å². The van der Waals surface area contributed by atoms with Crippen LogP contribution in [0.2, 0.25) is 0 Å². The molecule has 0 aromatic rings. The molecule has 0 aliphatic carbocycles. The van der Waals surface area contributed by atoms with Gasteiger partial charge in [0.2, 0.25) is 0 Å². The van der Waals surface area contributed by atoms with Gasteiger partial charge in [-0.3, -0.25) is 9.69 Å². The van der Waals surface area contributed by atoms with E-state index in [9.17, 15) is 13.2 Å². The molecule has 0 aromatic heterocycles. The summed E-state index contributed by atoms with van der Waals surface area (Å²) in [5, 5.41) is 9.05. The Kier molecular flexibility index (Phi) is 3.77. The van der Waals surface area contributed by atoms with Crippen LogP contribution in [-0.4, -0.2) is 79.1 Å². The third kappa shape index (κ3) is 2.84. The molecule has 3 heterocycles. The molecular formula is C13H22N2O4S. The molecule has 0 aromatic carbocycles. The summed E-state index contributed by atoms with van der Waals surface area (Å²) in [5.41, 5.74) is 0. The first kappa shape index (κ1) is 14.3. The van der Waals surface area contributed by atoms with Crippen molar-refractivity contribution in [2.75, 3.05) is 37.7 Å². The zero-order chi connectivity index (χ0) is 14.3. The standard InChI is InChI=1S/C13H22N2O4S/c16-13(17)7-11-9-20(18,19)6-5-15(11)12-2-4-14-3-1-10(12)8-14/h10-12H,1-9H2,(H,16,17). The van der Waals surface area contributed by atoms with Gasteiger partial charge in [-0.2, -0.15) is 0 Å². The minimum atomic E-state index is -3.08. The van der Waals surface area contributed by atoms with Crippen molar-refractivity contribution < 1.29 is 18.3 Å². The number of rotatable bonds is 3. The lowest BCUT2D eigenvalue weighted by molar-refractivity contribution is -0.138. The number of carboxylic acids is 1. The Morgan fingerprint density at radius 2 is 1.95 bits per heavy atom. The van der Waals surface area contributed by atoms with Gasteiger partial charge in [-0.25, -0.2) is 8.42 Å². The minimum absolute atomic E-state index is 0.00618. The predicted octanol–water partition coefficient (Wildman–Crippen LogP) is -0.346. The lowest BCUT2D eigenvalue weighted by atomic mass is 9.91. The van der Waals surface area contributed by atoms with Gasteiger partial charge in [0.15, 0.2) is 9.84 Å². The molecule has 0 radical (unpaired) electrons. The molecule has 114 valence electrons. The molecule has 0 spiro atoms. The molecule has 0 saturated carbocycles. The van der Waals surface area contributed by atoms with Gasteiger partial charge in [-0.1, -0.05) is 0 Å². The molecule has 0 amide bonds. The van der Waals surface area contributed by atoms with Crippen molar-refractivity contribution in [1.29, 1.82) is 0 Å². The van der Waals surface area contributed by atoms with Crippen LogP contribution in [0.25, 0.3) is 0 Å². The second kappa shape index (κ2) is 5.27. The number of fused-ring (bicyclic) bond motifs is 2. The van der Waals surface area contributed by atoms with Crippen LogP contribution < -0.4 is 0 Å². The Hall–Kier alpha value is -0.660. The normalized spacial score (nSPS) is 40.6. The lowest BCUT2D eigenvalue weighted by Crippen LogP contribution is -2.57. The smallest absolute Gasteiger partial charge is 0.304 e. The van der Waals surface area contributed by atoms with Crippen molar-refractivity contribution in [3.63, 3.8) is 0 Å². The van der Waals surface area contributed by atoms with Gasteiger partial charge in [0, 0.05) is 25.2 Å². The number of sulfone groups is 1. The second-order valence-electron chi connectivity index (χ2n) is 6.31. The van der Waals surface area contributed by atoms with Crippen molar-refractivity contribution in [3.05, 3.63) is 0 Å². The Morgan fingerprint density at radius 3 is 2.70 bits per heavy atom. The molecular weight excluding hydrogens is 280 g/mol. The van der Waals surface area contributed by atoms with Gasteiger partial charge >= 0.3 is 5.97 Å². The highest BCUT2D eigenvalue weighted by Crippen LogP contribution is 2.33. The summed E-state index contributed by atoms with van der Waals surface area (Å²) in [5.74, 6) is -0.135. The first-order valence-corrected chi connectivity index (χ1v) is 9.17. The third-order valence-corrected chi connectivity index (χ3v) is 6.70. The topological polar surface area (TPSA) is 77.9 Å². The number of aliphatic carboxylic acids is 1. The largest absolute Gasteiger partial charge is 0.481 e. The number of carboxylic acid groups (broad SMARTS) is 1. The number of nitrogens with zero attached hydrogens (tertiary/aromatic N) is 2. The van der Waals surface area contributed by atoms with Crippen LogP contribution >= 0.6 is 0 Å². The van der Waals surface area contributed by atoms with E-state index in [0.29, 0.717) is 18.5 Å². The van der Waals surface area contributed by atoms with Crippen LogP contribution in [-0.2, 0) is 14.6 Å². The monoisotopic (exact) mass is 302 g/mol. The first-order chi connectivity index (χ1) is 9.44. The summed E-state index contributed by atoms with van der Waals surface area (Å²) in [6.45, 7) is 3.79. The molecule has 3 saturated heterocycles. The molecule has 4 atom stereocenters. The number of hydrogen-bond donors (Lipinski definition) is 1. The molecule has 6 nitrogen and oxygen atoms in total. The van der Waals surface area contributed by atoms with Crippen molar-refractivity contribution in [2.45, 2.75) is 31.3 Å². The highest BCUT2D eigenvalue weighted by Gasteiger charge is 2.43. The molecule has 3 aliphatic rings. The van der Waals surface area contributed by atoms with Crippen LogP contribution in [0, 0.1) is 5.92 Å². The molecule has 20 heavy (non-hydrogen) atoms. The Balaban J connectivity index is 1.77. The average molecular weight is 302 g/mol. The van der Waals surface area contributed by atoms with E-state index in [2.05, 4.69) is 9.80 Å². The van der Waals surface area contributed by atoms with Crippen LogP contribution in [0.5, 0.6) is 0 Å². The minimum Gasteiger partial charge on any atom is -0.481 e. The third-order valence-electron chi connectivity index (χ3n) is 5.01. The molecule has 3 rings (SSSR count). The van der Waals surface area contributed by atoms with Crippen molar-refractivity contribution >= 4 is 15.8 Å². The highest BCUT2D eigenvalue weighted by molar-refractivity contribution is 7.91. The Labute approximate surface area is 119 Å². The van der Waals surface area contributed by atoms with Gasteiger partial charge in [0.05, 0.1) is 17.9 Å². The van der Waals surface area contributed by atoms with Gasteiger partial charge in [-0.05, 0) is 31.8 Å². The predicted molar refractivity (Wildman–Crippen MR) is 74.4 cm³/mol. The van der Waals surface area contributed by atoms with Gasteiger partial charge < -0.3 is 10.0 Å².